The number of sulfonamides is 1. The summed E-state index contributed by atoms with van der Waals surface area (Å²) in [5.41, 5.74) is 2.94. The molecule has 9 nitrogen and oxygen atoms in total. The second-order valence-corrected chi connectivity index (χ2v) is 12.3. The number of benzene rings is 3. The molecule has 1 atom stereocenters. The van der Waals surface area contributed by atoms with Crippen LogP contribution in [0, 0.1) is 13.8 Å². The van der Waals surface area contributed by atoms with Crippen LogP contribution >= 0.6 is 0 Å². The number of nitrogens with one attached hydrogen (secondary N) is 1. The maximum Gasteiger partial charge on any atom is 0.264 e. The number of anilines is 1. The molecule has 0 unspecified atom stereocenters. The van der Waals surface area contributed by atoms with Crippen LogP contribution in [0.5, 0.6) is 11.5 Å². The first-order valence-electron chi connectivity index (χ1n) is 13.9. The van der Waals surface area contributed by atoms with Crippen molar-refractivity contribution in [3.63, 3.8) is 0 Å². The first kappa shape index (κ1) is 32.5. The first-order valence-corrected chi connectivity index (χ1v) is 15.3. The van der Waals surface area contributed by atoms with Gasteiger partial charge >= 0.3 is 0 Å². The van der Waals surface area contributed by atoms with Crippen molar-refractivity contribution in [3.8, 4) is 11.5 Å². The third-order valence-corrected chi connectivity index (χ3v) is 8.75. The Labute approximate surface area is 249 Å². The van der Waals surface area contributed by atoms with Gasteiger partial charge in [0.1, 0.15) is 12.6 Å². The fraction of sp³-hybridized carbons (Fsp3) is 0.375. The standard InChI is InChI=1S/C32H41N3O6S/c1-8-28(32(37)33-22(2)3)34(20-25-12-10-9-11-24(25)5)31(36)21-35(26-15-18-29(40-6)30(19-26)41-7)42(38,39)27-16-13-23(4)14-17-27/h9-19,22,28H,8,20-21H2,1-7H3,(H,33,37)/t28-/m1/s1. The van der Waals surface area contributed by atoms with E-state index in [9.17, 15) is 18.0 Å². The number of carbonyl (C=O) groups is 2. The molecule has 0 heterocycles. The van der Waals surface area contributed by atoms with Gasteiger partial charge in [0, 0.05) is 18.7 Å². The minimum atomic E-state index is -4.21. The van der Waals surface area contributed by atoms with Crippen molar-refractivity contribution in [3.05, 3.63) is 83.4 Å². The molecule has 0 aliphatic carbocycles. The van der Waals surface area contributed by atoms with Gasteiger partial charge in [-0.05, 0) is 69.5 Å². The molecular formula is C32H41N3O6S. The molecule has 3 aromatic rings. The molecule has 10 heteroatoms. The van der Waals surface area contributed by atoms with E-state index in [-0.39, 0.29) is 29.1 Å². The maximum absolute atomic E-state index is 14.2. The van der Waals surface area contributed by atoms with Gasteiger partial charge in [-0.1, -0.05) is 48.9 Å². The SMILES string of the molecule is CC[C@H](C(=O)NC(C)C)N(Cc1ccccc1C)C(=O)CN(c1ccc(OC)c(OC)c1)S(=O)(=O)c1ccc(C)cc1. The van der Waals surface area contributed by atoms with Crippen LogP contribution in [0.1, 0.15) is 43.9 Å². The third kappa shape index (κ3) is 7.61. The molecule has 1 N–H and O–H groups in total. The molecule has 0 aliphatic heterocycles. The molecule has 0 spiro atoms. The summed E-state index contributed by atoms with van der Waals surface area (Å²) in [6.07, 6.45) is 0.344. The lowest BCUT2D eigenvalue weighted by molar-refractivity contribution is -0.140. The number of nitrogens with zero attached hydrogens (tertiary/aromatic N) is 2. The van der Waals surface area contributed by atoms with Crippen LogP contribution in [-0.2, 0) is 26.2 Å². The molecule has 0 bridgehead atoms. The molecule has 2 amide bonds. The van der Waals surface area contributed by atoms with Crippen LogP contribution in [0.4, 0.5) is 5.69 Å². The Balaban J connectivity index is 2.13. The van der Waals surface area contributed by atoms with Crippen LogP contribution in [0.2, 0.25) is 0 Å². The van der Waals surface area contributed by atoms with Crippen molar-refractivity contribution in [2.45, 2.75) is 64.6 Å². The van der Waals surface area contributed by atoms with Crippen molar-refractivity contribution >= 4 is 27.5 Å². The van der Waals surface area contributed by atoms with E-state index in [4.69, 9.17) is 9.47 Å². The summed E-state index contributed by atoms with van der Waals surface area (Å²) >= 11 is 0. The van der Waals surface area contributed by atoms with Gasteiger partial charge in [-0.15, -0.1) is 0 Å². The zero-order chi connectivity index (χ0) is 31.0. The van der Waals surface area contributed by atoms with Crippen molar-refractivity contribution in [2.24, 2.45) is 0 Å². The summed E-state index contributed by atoms with van der Waals surface area (Å²) in [6, 6.07) is 17.8. The Morgan fingerprint density at radius 3 is 2.12 bits per heavy atom. The van der Waals surface area contributed by atoms with Crippen molar-refractivity contribution < 1.29 is 27.5 Å². The highest BCUT2D eigenvalue weighted by Gasteiger charge is 2.34. The summed E-state index contributed by atoms with van der Waals surface area (Å²) in [4.78, 5) is 29.0. The monoisotopic (exact) mass is 595 g/mol. The third-order valence-electron chi connectivity index (χ3n) is 6.96. The number of aryl methyl sites for hydroxylation is 2. The van der Waals surface area contributed by atoms with E-state index in [0.717, 1.165) is 21.0 Å². The Morgan fingerprint density at radius 2 is 1.55 bits per heavy atom. The number of carbonyl (C=O) groups excluding carboxylic acids is 2. The molecule has 226 valence electrons. The average molecular weight is 596 g/mol. The maximum atomic E-state index is 14.2. The van der Waals surface area contributed by atoms with E-state index < -0.39 is 28.5 Å². The minimum Gasteiger partial charge on any atom is -0.493 e. The largest absolute Gasteiger partial charge is 0.493 e. The van der Waals surface area contributed by atoms with Crippen LogP contribution < -0.4 is 19.1 Å². The van der Waals surface area contributed by atoms with Crippen molar-refractivity contribution in [1.29, 1.82) is 0 Å². The highest BCUT2D eigenvalue weighted by atomic mass is 32.2. The summed E-state index contributed by atoms with van der Waals surface area (Å²) in [5.74, 6) is -0.0908. The van der Waals surface area contributed by atoms with Gasteiger partial charge in [0.25, 0.3) is 10.0 Å². The average Bonchev–Trinajstić information content (AvgIpc) is 2.96. The quantitative estimate of drug-likeness (QED) is 0.303. The summed E-state index contributed by atoms with van der Waals surface area (Å²) < 4.78 is 40.0. The number of hydrogen-bond acceptors (Lipinski definition) is 6. The topological polar surface area (TPSA) is 105 Å². The highest BCUT2D eigenvalue weighted by Crippen LogP contribution is 2.34. The van der Waals surface area contributed by atoms with E-state index in [0.29, 0.717) is 17.9 Å². The van der Waals surface area contributed by atoms with Gasteiger partial charge in [0.05, 0.1) is 24.8 Å². The predicted molar refractivity (Wildman–Crippen MR) is 164 cm³/mol. The van der Waals surface area contributed by atoms with E-state index in [1.54, 1.807) is 24.3 Å². The number of amides is 2. The fourth-order valence-corrected chi connectivity index (χ4v) is 6.02. The summed E-state index contributed by atoms with van der Waals surface area (Å²) in [7, 11) is -1.27. The minimum absolute atomic E-state index is 0.0331. The van der Waals surface area contributed by atoms with Gasteiger partial charge < -0.3 is 19.7 Å². The fourth-order valence-electron chi connectivity index (χ4n) is 4.62. The van der Waals surface area contributed by atoms with Gasteiger partial charge in [0.15, 0.2) is 11.5 Å². The second-order valence-electron chi connectivity index (χ2n) is 10.4. The first-order chi connectivity index (χ1) is 19.9. The lowest BCUT2D eigenvalue weighted by Gasteiger charge is -2.34. The van der Waals surface area contributed by atoms with E-state index in [1.165, 1.54) is 37.3 Å². The Hall–Kier alpha value is -4.05. The number of ether oxygens (including phenoxy) is 2. The molecule has 0 aromatic heterocycles. The summed E-state index contributed by atoms with van der Waals surface area (Å²) in [5, 5.41) is 2.91. The van der Waals surface area contributed by atoms with Crippen molar-refractivity contribution in [1.82, 2.24) is 10.2 Å². The Morgan fingerprint density at radius 1 is 0.905 bits per heavy atom. The number of rotatable bonds is 13. The zero-order valence-electron chi connectivity index (χ0n) is 25.4. The molecule has 0 fully saturated rings. The lowest BCUT2D eigenvalue weighted by Crippen LogP contribution is -2.53. The van der Waals surface area contributed by atoms with Crippen LogP contribution in [0.15, 0.2) is 71.6 Å². The summed E-state index contributed by atoms with van der Waals surface area (Å²) in [6.45, 7) is 8.93. The lowest BCUT2D eigenvalue weighted by atomic mass is 10.1. The molecule has 42 heavy (non-hydrogen) atoms. The molecule has 0 radical (unpaired) electrons. The van der Waals surface area contributed by atoms with Crippen molar-refractivity contribution in [2.75, 3.05) is 25.1 Å². The van der Waals surface area contributed by atoms with Gasteiger partial charge in [-0.3, -0.25) is 13.9 Å². The molecule has 0 aliphatic rings. The normalized spacial score (nSPS) is 12.0. The van der Waals surface area contributed by atoms with Crippen LogP contribution in [0.25, 0.3) is 0 Å². The molecule has 0 saturated carbocycles. The van der Waals surface area contributed by atoms with E-state index in [1.807, 2.05) is 58.9 Å². The van der Waals surface area contributed by atoms with Crippen LogP contribution in [-0.4, -0.2) is 58.0 Å². The van der Waals surface area contributed by atoms with E-state index in [2.05, 4.69) is 5.32 Å². The number of hydrogen-bond donors (Lipinski definition) is 1. The predicted octanol–water partition coefficient (Wildman–Crippen LogP) is 4.85. The van der Waals surface area contributed by atoms with Gasteiger partial charge in [-0.2, -0.15) is 0 Å². The molecule has 0 saturated heterocycles. The zero-order valence-corrected chi connectivity index (χ0v) is 26.2. The Kier molecular flexibility index (Phi) is 11.0. The molecule has 3 aromatic carbocycles. The van der Waals surface area contributed by atoms with E-state index >= 15 is 0 Å². The molecular weight excluding hydrogens is 554 g/mol. The van der Waals surface area contributed by atoms with Gasteiger partial charge in [-0.25, -0.2) is 8.42 Å². The highest BCUT2D eigenvalue weighted by molar-refractivity contribution is 7.92. The van der Waals surface area contributed by atoms with Crippen LogP contribution in [0.3, 0.4) is 0 Å². The van der Waals surface area contributed by atoms with Gasteiger partial charge in [0.2, 0.25) is 11.8 Å². The number of methoxy groups -OCH3 is 2. The smallest absolute Gasteiger partial charge is 0.264 e. The second kappa shape index (κ2) is 14.2. The Bertz CT molecular complexity index is 1490. The molecule has 3 rings (SSSR count).